The summed E-state index contributed by atoms with van der Waals surface area (Å²) in [4.78, 5) is 0. The largest absolute Gasteiger partial charge is 0.390 e. The third-order valence-electron chi connectivity index (χ3n) is 2.01. The third kappa shape index (κ3) is 13.4. The van der Waals surface area contributed by atoms with Crippen LogP contribution in [0.15, 0.2) is 12.3 Å². The number of hydrogen-bond acceptors (Lipinski definition) is 5. The van der Waals surface area contributed by atoms with Crippen LogP contribution in [-0.2, 0) is 0 Å². The molecule has 0 saturated carbocycles. The Morgan fingerprint density at radius 3 is 1.81 bits per heavy atom. The second-order valence-electron chi connectivity index (χ2n) is 3.49. The van der Waals surface area contributed by atoms with E-state index >= 15 is 0 Å². The Hall–Kier alpha value is -0.620. The average Bonchev–Trinajstić information content (AvgIpc) is 2.31. The highest BCUT2D eigenvalue weighted by Crippen LogP contribution is 1.64. The molecular weight excluding hydrogens is 202 g/mol. The normalized spacial score (nSPS) is 11.1. The number of rotatable bonds is 12. The molecule has 5 nitrogen and oxygen atoms in total. The summed E-state index contributed by atoms with van der Waals surface area (Å²) in [7, 11) is 0. The molecule has 0 aromatic carbocycles. The van der Waals surface area contributed by atoms with Crippen LogP contribution in [0.1, 0.15) is 6.92 Å². The Bertz CT molecular complexity index is 149. The SMILES string of the molecule is CC=CNCCNCCNCCNCCN. The fourth-order valence-electron chi connectivity index (χ4n) is 1.19. The second-order valence-corrected chi connectivity index (χ2v) is 3.49. The minimum absolute atomic E-state index is 0.709. The van der Waals surface area contributed by atoms with Crippen LogP contribution in [0, 0.1) is 0 Å². The van der Waals surface area contributed by atoms with Crippen molar-refractivity contribution in [2.75, 3.05) is 52.4 Å². The molecule has 0 aromatic heterocycles. The van der Waals surface area contributed by atoms with Crippen LogP contribution in [0.25, 0.3) is 0 Å². The molecule has 0 amide bonds. The zero-order valence-corrected chi connectivity index (χ0v) is 10.4. The van der Waals surface area contributed by atoms with Gasteiger partial charge in [0.05, 0.1) is 0 Å². The van der Waals surface area contributed by atoms with Gasteiger partial charge in [0.1, 0.15) is 0 Å². The summed E-state index contributed by atoms with van der Waals surface area (Å²) < 4.78 is 0. The molecule has 0 unspecified atom stereocenters. The minimum atomic E-state index is 0.709. The lowest BCUT2D eigenvalue weighted by Crippen LogP contribution is -2.35. The predicted molar refractivity (Wildman–Crippen MR) is 70.5 cm³/mol. The van der Waals surface area contributed by atoms with E-state index in [-0.39, 0.29) is 0 Å². The van der Waals surface area contributed by atoms with E-state index in [1.165, 1.54) is 0 Å². The molecular formula is C11H27N5. The highest BCUT2D eigenvalue weighted by atomic mass is 15.0. The average molecular weight is 229 g/mol. The minimum Gasteiger partial charge on any atom is -0.390 e. The van der Waals surface area contributed by atoms with E-state index in [2.05, 4.69) is 21.3 Å². The van der Waals surface area contributed by atoms with Gasteiger partial charge in [-0.05, 0) is 13.1 Å². The van der Waals surface area contributed by atoms with E-state index in [9.17, 15) is 0 Å². The van der Waals surface area contributed by atoms with Gasteiger partial charge in [-0.15, -0.1) is 0 Å². The van der Waals surface area contributed by atoms with Crippen molar-refractivity contribution in [1.29, 1.82) is 0 Å². The molecule has 0 radical (unpaired) electrons. The van der Waals surface area contributed by atoms with Gasteiger partial charge in [0.25, 0.3) is 0 Å². The Morgan fingerprint density at radius 1 is 0.812 bits per heavy atom. The van der Waals surface area contributed by atoms with Crippen LogP contribution in [-0.4, -0.2) is 52.4 Å². The molecule has 0 rings (SSSR count). The second kappa shape index (κ2) is 14.4. The molecule has 0 spiro atoms. The molecule has 0 aliphatic heterocycles. The van der Waals surface area contributed by atoms with Crippen molar-refractivity contribution in [3.05, 3.63) is 12.3 Å². The number of nitrogens with one attached hydrogen (secondary N) is 4. The van der Waals surface area contributed by atoms with Crippen molar-refractivity contribution in [2.45, 2.75) is 6.92 Å². The van der Waals surface area contributed by atoms with Crippen LogP contribution in [0.2, 0.25) is 0 Å². The quantitative estimate of drug-likeness (QED) is 0.273. The summed E-state index contributed by atoms with van der Waals surface area (Å²) in [5, 5.41) is 13.1. The molecule has 0 aliphatic carbocycles. The van der Waals surface area contributed by atoms with Gasteiger partial charge in [0.2, 0.25) is 0 Å². The zero-order chi connectivity index (χ0) is 11.9. The van der Waals surface area contributed by atoms with Crippen molar-refractivity contribution < 1.29 is 0 Å². The summed E-state index contributed by atoms with van der Waals surface area (Å²) >= 11 is 0. The molecule has 6 N–H and O–H groups in total. The maximum absolute atomic E-state index is 5.36. The monoisotopic (exact) mass is 229 g/mol. The molecule has 0 aromatic rings. The van der Waals surface area contributed by atoms with Crippen molar-refractivity contribution in [3.63, 3.8) is 0 Å². The fraction of sp³-hybridized carbons (Fsp3) is 0.818. The van der Waals surface area contributed by atoms with E-state index in [1.807, 2.05) is 19.2 Å². The van der Waals surface area contributed by atoms with Crippen LogP contribution in [0.5, 0.6) is 0 Å². The molecule has 0 saturated heterocycles. The summed E-state index contributed by atoms with van der Waals surface area (Å²) in [6.45, 7) is 9.58. The molecule has 0 heterocycles. The summed E-state index contributed by atoms with van der Waals surface area (Å²) in [5.74, 6) is 0. The Labute approximate surface area is 99.2 Å². The molecule has 16 heavy (non-hydrogen) atoms. The maximum atomic E-state index is 5.36. The predicted octanol–water partition coefficient (Wildman–Crippen LogP) is -1.16. The number of hydrogen-bond donors (Lipinski definition) is 5. The molecule has 96 valence electrons. The summed E-state index contributed by atoms with van der Waals surface area (Å²) in [6.07, 6.45) is 3.96. The van der Waals surface area contributed by atoms with Crippen molar-refractivity contribution in [2.24, 2.45) is 5.73 Å². The van der Waals surface area contributed by atoms with Crippen LogP contribution >= 0.6 is 0 Å². The van der Waals surface area contributed by atoms with E-state index < -0.39 is 0 Å². The van der Waals surface area contributed by atoms with E-state index in [1.54, 1.807) is 0 Å². The third-order valence-corrected chi connectivity index (χ3v) is 2.01. The van der Waals surface area contributed by atoms with Gasteiger partial charge in [0, 0.05) is 52.4 Å². The van der Waals surface area contributed by atoms with Crippen molar-refractivity contribution in [1.82, 2.24) is 21.3 Å². The number of allylic oxidation sites excluding steroid dienone is 1. The van der Waals surface area contributed by atoms with Gasteiger partial charge in [-0.25, -0.2) is 0 Å². The molecule has 5 heteroatoms. The highest BCUT2D eigenvalue weighted by molar-refractivity contribution is 4.73. The summed E-state index contributed by atoms with van der Waals surface area (Å²) in [6, 6.07) is 0. The lowest BCUT2D eigenvalue weighted by molar-refractivity contribution is 0.580. The van der Waals surface area contributed by atoms with Gasteiger partial charge in [-0.2, -0.15) is 0 Å². The Kier molecular flexibility index (Phi) is 13.8. The van der Waals surface area contributed by atoms with Crippen molar-refractivity contribution in [3.8, 4) is 0 Å². The van der Waals surface area contributed by atoms with E-state index in [0.29, 0.717) is 6.54 Å². The number of nitrogens with two attached hydrogens (primary N) is 1. The zero-order valence-electron chi connectivity index (χ0n) is 10.4. The Balaban J connectivity index is 2.88. The van der Waals surface area contributed by atoms with Crippen LogP contribution in [0.3, 0.4) is 0 Å². The van der Waals surface area contributed by atoms with Crippen molar-refractivity contribution >= 4 is 0 Å². The highest BCUT2D eigenvalue weighted by Gasteiger charge is 1.88. The summed E-state index contributed by atoms with van der Waals surface area (Å²) in [5.41, 5.74) is 5.36. The van der Waals surface area contributed by atoms with Gasteiger partial charge < -0.3 is 27.0 Å². The fourth-order valence-corrected chi connectivity index (χ4v) is 1.19. The van der Waals surface area contributed by atoms with Gasteiger partial charge in [-0.3, -0.25) is 0 Å². The maximum Gasteiger partial charge on any atom is 0.0266 e. The molecule has 0 fully saturated rings. The first kappa shape index (κ1) is 15.4. The first-order valence-electron chi connectivity index (χ1n) is 6.08. The van der Waals surface area contributed by atoms with Gasteiger partial charge in [0.15, 0.2) is 0 Å². The first-order valence-corrected chi connectivity index (χ1v) is 6.08. The lowest BCUT2D eigenvalue weighted by Gasteiger charge is -2.07. The van der Waals surface area contributed by atoms with Gasteiger partial charge in [-0.1, -0.05) is 6.08 Å². The standard InChI is InChI=1S/C11H27N5/c1-2-4-13-6-8-15-10-11-16-9-7-14-5-3-12/h2,4,13-16H,3,5-12H2,1H3. The van der Waals surface area contributed by atoms with E-state index in [4.69, 9.17) is 5.73 Å². The first-order chi connectivity index (χ1) is 7.91. The van der Waals surface area contributed by atoms with Crippen LogP contribution < -0.4 is 27.0 Å². The topological polar surface area (TPSA) is 74.1 Å². The van der Waals surface area contributed by atoms with E-state index in [0.717, 1.165) is 45.8 Å². The smallest absolute Gasteiger partial charge is 0.0266 e. The lowest BCUT2D eigenvalue weighted by atomic mass is 10.5. The van der Waals surface area contributed by atoms with Crippen LogP contribution in [0.4, 0.5) is 0 Å². The molecule has 0 bridgehead atoms. The van der Waals surface area contributed by atoms with Gasteiger partial charge >= 0.3 is 0 Å². The Morgan fingerprint density at radius 2 is 1.31 bits per heavy atom. The molecule has 0 atom stereocenters. The molecule has 0 aliphatic rings.